The Kier molecular flexibility index (Phi) is 20.5. The van der Waals surface area contributed by atoms with Crippen molar-refractivity contribution < 1.29 is 82.2 Å². The lowest BCUT2D eigenvalue weighted by atomic mass is 9.69. The van der Waals surface area contributed by atoms with Gasteiger partial charge in [0.15, 0.2) is 63.3 Å². The van der Waals surface area contributed by atoms with Crippen LogP contribution in [0.1, 0.15) is 120 Å². The minimum absolute atomic E-state index is 0.00838. The van der Waals surface area contributed by atoms with Crippen LogP contribution in [-0.4, -0.2) is 196 Å². The number of aliphatic hydroxyl groups is 4. The normalized spacial score (nSPS) is 31.8. The first-order valence-electron chi connectivity index (χ1n) is 37.7. The minimum Gasteiger partial charge on any atom is -0.493 e. The highest BCUT2D eigenvalue weighted by Crippen LogP contribution is 2.62. The van der Waals surface area contributed by atoms with Gasteiger partial charge < -0.3 is 92.7 Å². The summed E-state index contributed by atoms with van der Waals surface area (Å²) in [4.78, 5) is 42.8. The maximum Gasteiger partial charge on any atom is 0.210 e. The third-order valence-electron chi connectivity index (χ3n) is 25.5. The monoisotopic (exact) mass is 1680 g/mol. The number of ketones is 1. The fraction of sp³-hybridized carbons (Fsp3) is 0.488. The largest absolute Gasteiger partial charge is 0.493 e. The standard InChI is InChI=1S/C17H16BrNO4.C17H20BrNO3.C17H19NO4.C17H21NO3.C16H18BrNO3/c1-22-13-7-12(18)11-8-19(9-20)5-4-17-3-2-10(21)6-14(17)23-16(13)15(11)17;1-19-6-5-17-4-3-10(20)7-14(17)22-16-13(21-2)8-12(18)11(9-19)15(16)17;1-21-13-3-2-11-9-18(10-19)7-6-17-5-4-12(20)8-14(17)22-16(13)15(11)17;1-18-8-7-17-6-5-12(19)9-14(17)21-16-13(20-2)4-3-11(10-18)15(16)17;1-20-12-7-11(17)10-8-18-5-4-16-3-2-9(19)6-13(16)21-15(12)14(10)16/h2-3,7,9,14H,4-6,8H2,1H3;3-4,8,10,14,20H,5-7,9H2,1-2H3;2-5,10,12,14,20H,6-9H2,1H3;3-6,12,14,19H,7-10H2,1-2H3;2-3,7,9,13,18-19H,4-6,8H2,1H3/t;10-,14?,17?;2*12-,14?,17?;9-,13?,16?/m.0000/s1. The Morgan fingerprint density at radius 3 is 1.25 bits per heavy atom. The van der Waals surface area contributed by atoms with E-state index >= 15 is 0 Å². The van der Waals surface area contributed by atoms with Gasteiger partial charge >= 0.3 is 0 Å². The van der Waals surface area contributed by atoms with Gasteiger partial charge in [0.25, 0.3) is 0 Å². The number of aliphatic hydroxyl groups excluding tert-OH is 4. The Hall–Kier alpha value is -7.43. The molecule has 109 heavy (non-hydrogen) atoms. The zero-order valence-electron chi connectivity index (χ0n) is 62.3. The van der Waals surface area contributed by atoms with E-state index in [0.29, 0.717) is 69.8 Å². The van der Waals surface area contributed by atoms with Crippen molar-refractivity contribution in [3.63, 3.8) is 0 Å². The molecule has 22 nitrogen and oxygen atoms in total. The van der Waals surface area contributed by atoms with Gasteiger partial charge in [-0.2, -0.15) is 0 Å². The van der Waals surface area contributed by atoms with Gasteiger partial charge in [-0.25, -0.2) is 0 Å². The predicted molar refractivity (Wildman–Crippen MR) is 417 cm³/mol. The number of hydrogen-bond donors (Lipinski definition) is 5. The third kappa shape index (κ3) is 12.6. The number of rotatable bonds is 7. The van der Waals surface area contributed by atoms with Gasteiger partial charge in [-0.05, 0) is 130 Å². The van der Waals surface area contributed by atoms with Crippen LogP contribution in [0, 0.1) is 0 Å². The van der Waals surface area contributed by atoms with Crippen LogP contribution in [-0.2, 0) is 74.2 Å². The second kappa shape index (κ2) is 29.6. The minimum atomic E-state index is -0.482. The molecule has 14 atom stereocenters. The molecule has 10 heterocycles. The van der Waals surface area contributed by atoms with Crippen molar-refractivity contribution in [1.82, 2.24) is 24.9 Å². The van der Waals surface area contributed by atoms with Crippen LogP contribution in [0.3, 0.4) is 0 Å². The maximum atomic E-state index is 11.9. The fourth-order valence-corrected chi connectivity index (χ4v) is 21.7. The van der Waals surface area contributed by atoms with E-state index in [1.54, 1.807) is 51.4 Å². The number of nitrogens with zero attached hydrogens (tertiary/aromatic N) is 4. The highest BCUT2D eigenvalue weighted by atomic mass is 79.9. The van der Waals surface area contributed by atoms with Crippen LogP contribution >= 0.6 is 47.8 Å². The van der Waals surface area contributed by atoms with E-state index in [0.717, 1.165) is 166 Å². The molecule has 2 amide bonds. The van der Waals surface area contributed by atoms with Gasteiger partial charge in [0.05, 0.1) is 87.0 Å². The molecule has 0 bridgehead atoms. The lowest BCUT2D eigenvalue weighted by Crippen LogP contribution is -2.42. The molecule has 578 valence electrons. The molecule has 0 saturated carbocycles. The molecule has 15 aliphatic rings. The van der Waals surface area contributed by atoms with E-state index in [1.807, 2.05) is 66.8 Å². The molecular formula is C84H94Br3N5O17. The molecule has 5 aliphatic carbocycles. The second-order valence-electron chi connectivity index (χ2n) is 31.4. The lowest BCUT2D eigenvalue weighted by Gasteiger charge is -2.35. The zero-order chi connectivity index (χ0) is 76.2. The molecule has 10 unspecified atom stereocenters. The molecule has 0 radical (unpaired) electrons. The number of allylic oxidation sites excluding steroid dienone is 1. The number of hydrogen-bond acceptors (Lipinski definition) is 20. The van der Waals surface area contributed by atoms with Crippen LogP contribution in [0.5, 0.6) is 57.5 Å². The maximum absolute atomic E-state index is 11.9. The van der Waals surface area contributed by atoms with Crippen LogP contribution in [0.15, 0.2) is 117 Å². The lowest BCUT2D eigenvalue weighted by molar-refractivity contribution is -0.119. The van der Waals surface area contributed by atoms with Gasteiger partial charge in [0.1, 0.15) is 30.5 Å². The van der Waals surface area contributed by atoms with Crippen molar-refractivity contribution in [2.24, 2.45) is 0 Å². The number of ether oxygens (including phenoxy) is 10. The van der Waals surface area contributed by atoms with E-state index in [-0.39, 0.29) is 63.4 Å². The number of benzene rings is 5. The quantitative estimate of drug-likeness (QED) is 0.0750. The van der Waals surface area contributed by atoms with Gasteiger partial charge in [-0.15, -0.1) is 0 Å². The Morgan fingerprint density at radius 2 is 0.798 bits per heavy atom. The van der Waals surface area contributed by atoms with E-state index in [4.69, 9.17) is 47.4 Å². The first kappa shape index (κ1) is 75.6. The molecule has 0 saturated heterocycles. The molecule has 25 heteroatoms. The fourth-order valence-electron chi connectivity index (χ4n) is 20.1. The van der Waals surface area contributed by atoms with E-state index < -0.39 is 24.4 Å². The summed E-state index contributed by atoms with van der Waals surface area (Å²) in [5, 5.41) is 43.4. The van der Waals surface area contributed by atoms with Crippen LogP contribution in [0.25, 0.3) is 0 Å². The number of methoxy groups -OCH3 is 5. The zero-order valence-corrected chi connectivity index (χ0v) is 67.1. The predicted octanol–water partition coefficient (Wildman–Crippen LogP) is 10.5. The van der Waals surface area contributed by atoms with Crippen molar-refractivity contribution in [1.29, 1.82) is 0 Å². The SMILES string of the molecule is COc1cc(Br)c2c3c1OC1CC(=O)C=CC31CCN(C=O)C2.COc1cc(Br)c2c3c1OC1C[C@@H](O)C=CC31CCN(C)C2.COc1cc(Br)c2c3c1OC1C[C@@H](O)C=CC31CCNC2.COc1ccc2c3c1OC1C[C@@H](O)C=CC31CCN(C)C2.COc1ccc2c3c1OC1C[C@@H](O)C=CC31CCN(C=O)C2. The topological polar surface area (TPSA) is 249 Å². The molecule has 5 spiro atoms. The van der Waals surface area contributed by atoms with Crippen LogP contribution < -0.4 is 52.7 Å². The summed E-state index contributed by atoms with van der Waals surface area (Å²) >= 11 is 11.0. The second-order valence-corrected chi connectivity index (χ2v) is 34.0. The van der Waals surface area contributed by atoms with Gasteiger partial charge in [0.2, 0.25) is 12.8 Å². The van der Waals surface area contributed by atoms with Crippen LogP contribution in [0.2, 0.25) is 0 Å². The van der Waals surface area contributed by atoms with Crippen molar-refractivity contribution >= 4 is 66.4 Å². The molecule has 0 aromatic heterocycles. The summed E-state index contributed by atoms with van der Waals surface area (Å²) in [5.74, 6) is 7.86. The van der Waals surface area contributed by atoms with Crippen molar-refractivity contribution in [2.45, 2.75) is 179 Å². The molecule has 20 rings (SSSR count). The molecule has 5 aromatic carbocycles. The molecule has 10 aliphatic heterocycles. The number of carbonyl (C=O) groups is 3. The summed E-state index contributed by atoms with van der Waals surface area (Å²) in [6.45, 7) is 8.02. The summed E-state index contributed by atoms with van der Waals surface area (Å²) in [5.41, 5.74) is 10.9. The van der Waals surface area contributed by atoms with E-state index in [2.05, 4.69) is 107 Å². The molecule has 5 aromatic rings. The first-order valence-corrected chi connectivity index (χ1v) is 40.1. The Morgan fingerprint density at radius 1 is 0.440 bits per heavy atom. The van der Waals surface area contributed by atoms with E-state index in [9.17, 15) is 34.8 Å². The Balaban J connectivity index is 0.000000104. The van der Waals surface area contributed by atoms with E-state index in [1.165, 1.54) is 33.4 Å². The average molecular weight is 1690 g/mol. The summed E-state index contributed by atoms with van der Waals surface area (Å²) < 4.78 is 61.7. The van der Waals surface area contributed by atoms with Gasteiger partial charge in [-0.1, -0.05) is 115 Å². The smallest absolute Gasteiger partial charge is 0.210 e. The highest BCUT2D eigenvalue weighted by molar-refractivity contribution is 9.11. The Bertz CT molecular complexity index is 4630. The number of halogens is 3. The molecule has 0 fully saturated rings. The van der Waals surface area contributed by atoms with Crippen LogP contribution in [0.4, 0.5) is 0 Å². The Labute approximate surface area is 660 Å². The highest BCUT2D eigenvalue weighted by Gasteiger charge is 2.59. The first-order chi connectivity index (χ1) is 52.6. The van der Waals surface area contributed by atoms with Gasteiger partial charge in [-0.3, -0.25) is 14.4 Å². The summed E-state index contributed by atoms with van der Waals surface area (Å²) in [6, 6.07) is 13.9. The number of amides is 2. The van der Waals surface area contributed by atoms with Crippen molar-refractivity contribution in [3.05, 3.63) is 172 Å². The molecule has 5 N–H and O–H groups in total. The molecular weight excluding hydrogens is 1590 g/mol. The average Bonchev–Trinajstić information content (AvgIpc) is 1.59. The van der Waals surface area contributed by atoms with Gasteiger partial charge in [0, 0.05) is 119 Å². The summed E-state index contributed by atoms with van der Waals surface area (Å²) in [7, 11) is 12.6. The van der Waals surface area contributed by atoms with Crippen molar-refractivity contribution in [3.8, 4) is 57.5 Å². The number of carbonyl (C=O) groups excluding carboxylic acids is 3. The van der Waals surface area contributed by atoms with Crippen molar-refractivity contribution in [2.75, 3.05) is 82.4 Å². The summed E-state index contributed by atoms with van der Waals surface area (Å²) in [6.07, 6.45) is 26.9. The number of nitrogens with one attached hydrogen (secondary N) is 1. The third-order valence-corrected chi connectivity index (χ3v) is 27.6.